The molecule has 2 aromatic heterocycles. The highest BCUT2D eigenvalue weighted by atomic mass is 16.5. The van der Waals surface area contributed by atoms with Crippen LogP contribution in [0.5, 0.6) is 11.5 Å². The molecule has 16 aromatic carbocycles. The van der Waals surface area contributed by atoms with Crippen LogP contribution in [0.3, 0.4) is 0 Å². The lowest BCUT2D eigenvalue weighted by Crippen LogP contribution is -2.62. The molecule has 7 aliphatic rings. The number of aromatic nitrogens is 2. The molecule has 0 saturated carbocycles. The first-order chi connectivity index (χ1) is 47.7. The van der Waals surface area contributed by atoms with Crippen molar-refractivity contribution in [2.45, 2.75) is 5.41 Å². The molecule has 18 aromatic rings. The van der Waals surface area contributed by atoms with Crippen molar-refractivity contribution in [1.82, 2.24) is 9.13 Å². The lowest BCUT2D eigenvalue weighted by molar-refractivity contribution is 0.478. The highest BCUT2D eigenvalue weighted by Crippen LogP contribution is 2.65. The maximum absolute atomic E-state index is 6.90. The molecule has 6 aliphatic heterocycles. The van der Waals surface area contributed by atoms with E-state index in [1.807, 2.05) is 0 Å². The summed E-state index contributed by atoms with van der Waals surface area (Å²) in [5.41, 5.74) is 32.3. The minimum absolute atomic E-state index is 0.117. The van der Waals surface area contributed by atoms with Gasteiger partial charge < -0.3 is 23.5 Å². The third kappa shape index (κ3) is 5.58. The van der Waals surface area contributed by atoms with Gasteiger partial charge in [-0.15, -0.1) is 0 Å². The number of anilines is 4. The van der Waals surface area contributed by atoms with Crippen molar-refractivity contribution in [3.8, 4) is 67.4 Å². The molecule has 0 radical (unpaired) electrons. The van der Waals surface area contributed by atoms with Crippen molar-refractivity contribution in [2.24, 2.45) is 0 Å². The van der Waals surface area contributed by atoms with Crippen molar-refractivity contribution < 1.29 is 4.74 Å². The minimum Gasteiger partial charge on any atom is -0.453 e. The molecule has 0 N–H and O–H groups in total. The fraction of sp³-hybridized carbons (Fsp3) is 0.0112. The van der Waals surface area contributed by atoms with Crippen LogP contribution in [-0.2, 0) is 5.41 Å². The second-order valence-electron chi connectivity index (χ2n) is 27.6. The highest BCUT2D eigenvalue weighted by molar-refractivity contribution is 6.95. The predicted octanol–water partition coefficient (Wildman–Crippen LogP) is 19.4. The van der Waals surface area contributed by atoms with E-state index < -0.39 is 5.41 Å². The molecule has 436 valence electrons. The van der Waals surface area contributed by atoms with E-state index >= 15 is 0 Å². The zero-order valence-corrected chi connectivity index (χ0v) is 51.6. The number of ether oxygens (including phenoxy) is 1. The van der Waals surface area contributed by atoms with Gasteiger partial charge in [-0.25, -0.2) is 0 Å². The van der Waals surface area contributed by atoms with Crippen LogP contribution in [-0.4, -0.2) is 22.8 Å². The zero-order chi connectivity index (χ0) is 61.7. The van der Waals surface area contributed by atoms with Gasteiger partial charge in [0.25, 0.3) is 0 Å². The van der Waals surface area contributed by atoms with Crippen LogP contribution in [0.1, 0.15) is 22.3 Å². The predicted molar refractivity (Wildman–Crippen MR) is 400 cm³/mol. The average molecular weight is 1210 g/mol. The van der Waals surface area contributed by atoms with E-state index in [4.69, 9.17) is 4.74 Å². The van der Waals surface area contributed by atoms with Crippen LogP contribution in [0.4, 0.5) is 22.7 Å². The van der Waals surface area contributed by atoms with Gasteiger partial charge in [0, 0.05) is 60.2 Å². The quantitative estimate of drug-likeness (QED) is 0.153. The zero-order valence-electron chi connectivity index (χ0n) is 51.6. The van der Waals surface area contributed by atoms with Crippen LogP contribution < -0.4 is 36.2 Å². The van der Waals surface area contributed by atoms with E-state index in [9.17, 15) is 0 Å². The molecule has 8 heterocycles. The Morgan fingerprint density at radius 1 is 0.271 bits per heavy atom. The molecule has 0 amide bonds. The molecule has 0 fully saturated rings. The molecule has 0 unspecified atom stereocenters. The Labute approximate surface area is 551 Å². The van der Waals surface area contributed by atoms with Gasteiger partial charge >= 0.3 is 13.7 Å². The number of hydrogen-bond donors (Lipinski definition) is 0. The summed E-state index contributed by atoms with van der Waals surface area (Å²) in [4.78, 5) is 5.37. The normalized spacial score (nSPS) is 14.5. The summed E-state index contributed by atoms with van der Waals surface area (Å²) in [6.45, 7) is -0.249. The van der Waals surface area contributed by atoms with E-state index in [0.717, 1.165) is 22.9 Å². The Balaban J connectivity index is 0.774. The molecule has 0 atom stereocenters. The van der Waals surface area contributed by atoms with Gasteiger partial charge in [-0.2, -0.15) is 0 Å². The Kier molecular flexibility index (Phi) is 8.69. The van der Waals surface area contributed by atoms with Crippen LogP contribution >= 0.6 is 0 Å². The summed E-state index contributed by atoms with van der Waals surface area (Å²) in [5, 5.41) is 15.0. The van der Waals surface area contributed by atoms with Crippen LogP contribution in [0.25, 0.3) is 143 Å². The number of benzene rings is 16. The van der Waals surface area contributed by atoms with E-state index in [1.54, 1.807) is 0 Å². The lowest BCUT2D eigenvalue weighted by Gasteiger charge is -2.51. The fourth-order valence-corrected chi connectivity index (χ4v) is 20.0. The summed E-state index contributed by atoms with van der Waals surface area (Å²) >= 11 is 0. The number of para-hydroxylation sites is 7. The first-order valence-electron chi connectivity index (χ1n) is 33.7. The molecular formula is C89H48B2N4O. The summed E-state index contributed by atoms with van der Waals surface area (Å²) in [5.74, 6) is 1.76. The Hall–Kier alpha value is -12.3. The van der Waals surface area contributed by atoms with E-state index in [0.29, 0.717) is 0 Å². The molecule has 7 heteroatoms. The monoisotopic (exact) mass is 1210 g/mol. The van der Waals surface area contributed by atoms with Crippen LogP contribution in [0, 0.1) is 0 Å². The molecule has 0 bridgehead atoms. The maximum Gasteiger partial charge on any atom is 0.333 e. The van der Waals surface area contributed by atoms with E-state index in [1.165, 1.54) is 198 Å². The second-order valence-corrected chi connectivity index (χ2v) is 27.6. The molecule has 0 saturated heterocycles. The van der Waals surface area contributed by atoms with Crippen molar-refractivity contribution in [1.29, 1.82) is 0 Å². The van der Waals surface area contributed by atoms with Crippen molar-refractivity contribution in [3.63, 3.8) is 0 Å². The van der Waals surface area contributed by atoms with Gasteiger partial charge in [-0.3, -0.25) is 0 Å². The third-order valence-corrected chi connectivity index (χ3v) is 23.5. The number of rotatable bonds is 1. The third-order valence-electron chi connectivity index (χ3n) is 23.5. The van der Waals surface area contributed by atoms with Crippen molar-refractivity contribution in [2.75, 3.05) is 9.62 Å². The first kappa shape index (κ1) is 49.3. The fourth-order valence-electron chi connectivity index (χ4n) is 20.0. The first-order valence-corrected chi connectivity index (χ1v) is 33.7. The highest BCUT2D eigenvalue weighted by Gasteiger charge is 2.56. The lowest BCUT2D eigenvalue weighted by atomic mass is 9.42. The molecule has 25 rings (SSSR count). The largest absolute Gasteiger partial charge is 0.453 e. The topological polar surface area (TPSA) is 25.6 Å². The van der Waals surface area contributed by atoms with Gasteiger partial charge in [0.05, 0.1) is 50.2 Å². The van der Waals surface area contributed by atoms with Crippen molar-refractivity contribution in [3.05, 3.63) is 313 Å². The van der Waals surface area contributed by atoms with Gasteiger partial charge in [0.15, 0.2) is 5.75 Å². The van der Waals surface area contributed by atoms with Gasteiger partial charge in [0.2, 0.25) is 0 Å². The summed E-state index contributed by atoms with van der Waals surface area (Å²) < 4.78 is 12.2. The van der Waals surface area contributed by atoms with Gasteiger partial charge in [0.1, 0.15) is 5.75 Å². The summed E-state index contributed by atoms with van der Waals surface area (Å²) in [7, 11) is 0. The SMILES string of the molecule is c1ccc2c(c1)Oc1cccc3c1N2B1c2c-3cc3cc(-c4ccc5c6c7c(cc5c4)-c4cccc5c4N(B7c4cccc7c8cc9ccccc9cc8n-6c47)c4ccccc4C54c5ccccc5-c5ccccc54)ccc3c2-n2c3c1cccc3c1ccc3ccccc3c12. The van der Waals surface area contributed by atoms with Crippen LogP contribution in [0.2, 0.25) is 0 Å². The average Bonchev–Trinajstić information content (AvgIpc) is 1.27. The molecule has 1 aliphatic carbocycles. The summed E-state index contributed by atoms with van der Waals surface area (Å²) in [6, 6.07) is 112. The standard InChI is InChI=1S/C89H48B2N4O/c1-2-19-51-48-77-66(45-50(51)18-1)62-25-15-31-73-84(62)92(77)87-57-40-38-52(43-54(57)46-67-63-23-13-30-72-83(63)94(90(73)80(67)87)75-33-10-9-29-71(75)89(72)69-27-7-5-21-59(69)60-22-6-8-28-70(60)89)53-39-41-58-55(44-53)47-68-64-26-16-36-79-86(64)95(76-34-11-12-35-78(76)96-79)91-74-32-14-24-61-65-42-37-49-17-3-4-20-56(49)82(65)93(85(61)74)88(58)81(68)91/h1-48H. The van der Waals surface area contributed by atoms with Crippen molar-refractivity contribution >= 4 is 145 Å². The van der Waals surface area contributed by atoms with Gasteiger partial charge in [-0.1, -0.05) is 231 Å². The molecule has 96 heavy (non-hydrogen) atoms. The Morgan fingerprint density at radius 2 is 0.771 bits per heavy atom. The smallest absolute Gasteiger partial charge is 0.333 e. The van der Waals surface area contributed by atoms with E-state index in [-0.39, 0.29) is 13.7 Å². The van der Waals surface area contributed by atoms with Gasteiger partial charge in [-0.05, 0) is 165 Å². The second kappa shape index (κ2) is 16.9. The maximum atomic E-state index is 6.90. The number of fused-ring (bicyclic) bond motifs is 32. The molecular weight excluding hydrogens is 1160 g/mol. The summed E-state index contributed by atoms with van der Waals surface area (Å²) in [6.07, 6.45) is 0. The molecule has 5 nitrogen and oxygen atoms in total. The molecule has 1 spiro atoms. The Bertz CT molecular complexity index is 6770. The Morgan fingerprint density at radius 3 is 1.50 bits per heavy atom. The minimum atomic E-state index is -0.545. The van der Waals surface area contributed by atoms with E-state index in [2.05, 4.69) is 310 Å². The van der Waals surface area contributed by atoms with Crippen LogP contribution in [0.15, 0.2) is 291 Å². The number of nitrogens with zero attached hydrogens (tertiary/aromatic N) is 4. The number of hydrogen-bond acceptors (Lipinski definition) is 3.